The Bertz CT molecular complexity index is 84.6. The van der Waals surface area contributed by atoms with Gasteiger partial charge in [0, 0.05) is 19.8 Å². The molecule has 0 saturated carbocycles. The predicted octanol–water partition coefficient (Wildman–Crippen LogP) is 2.01. The molecule has 0 aliphatic carbocycles. The maximum Gasteiger partial charge on any atom is 0.484 e. The van der Waals surface area contributed by atoms with Crippen LogP contribution in [0.4, 0.5) is 0 Å². The van der Waals surface area contributed by atoms with Crippen LogP contribution < -0.4 is 0 Å². The van der Waals surface area contributed by atoms with Crippen LogP contribution in [0.15, 0.2) is 12.7 Å². The molecule has 0 unspecified atom stereocenters. The van der Waals surface area contributed by atoms with Gasteiger partial charge < -0.3 is 13.3 Å². The molecule has 0 fully saturated rings. The smallest absolute Gasteiger partial charge is 0.376 e. The summed E-state index contributed by atoms with van der Waals surface area (Å²) >= 11 is 0. The van der Waals surface area contributed by atoms with Gasteiger partial charge in [-0.05, 0) is 27.7 Å². The normalized spacial score (nSPS) is 9.31. The highest BCUT2D eigenvalue weighted by atomic mass is 28.3. The zero-order valence-corrected chi connectivity index (χ0v) is 10.4. The second-order valence-electron chi connectivity index (χ2n) is 2.06. The van der Waals surface area contributed by atoms with Gasteiger partial charge >= 0.3 is 9.53 Å². The SMILES string of the molecule is C=CC.CCO[SiH](OCC)OCC. The summed E-state index contributed by atoms with van der Waals surface area (Å²) in [6.07, 6.45) is 1.75. The molecule has 0 aromatic carbocycles. The summed E-state index contributed by atoms with van der Waals surface area (Å²) in [4.78, 5) is 0. The van der Waals surface area contributed by atoms with Crippen molar-refractivity contribution in [1.82, 2.24) is 0 Å². The van der Waals surface area contributed by atoms with Crippen molar-refractivity contribution >= 4 is 9.53 Å². The van der Waals surface area contributed by atoms with Crippen LogP contribution in [0, 0.1) is 0 Å². The molecule has 0 rings (SSSR count). The summed E-state index contributed by atoms with van der Waals surface area (Å²) in [5.41, 5.74) is 0. The van der Waals surface area contributed by atoms with Crippen molar-refractivity contribution in [3.63, 3.8) is 0 Å². The third-order valence-corrected chi connectivity index (χ3v) is 2.72. The molecule has 0 radical (unpaired) electrons. The Morgan fingerprint density at radius 1 is 1.00 bits per heavy atom. The van der Waals surface area contributed by atoms with Crippen molar-refractivity contribution < 1.29 is 13.3 Å². The predicted molar refractivity (Wildman–Crippen MR) is 57.9 cm³/mol. The molecule has 0 atom stereocenters. The molecule has 13 heavy (non-hydrogen) atoms. The molecule has 0 N–H and O–H groups in total. The molecule has 0 aliphatic rings. The first-order chi connectivity index (χ1) is 6.26. The minimum atomic E-state index is -1.73. The quantitative estimate of drug-likeness (QED) is 0.491. The lowest BCUT2D eigenvalue weighted by Crippen LogP contribution is -2.27. The third-order valence-electron chi connectivity index (χ3n) is 0.908. The molecule has 3 nitrogen and oxygen atoms in total. The number of hydrogen-bond acceptors (Lipinski definition) is 3. The third kappa shape index (κ3) is 14.7. The van der Waals surface area contributed by atoms with Gasteiger partial charge in [0.15, 0.2) is 0 Å². The van der Waals surface area contributed by atoms with Crippen molar-refractivity contribution in [2.75, 3.05) is 19.8 Å². The highest BCUT2D eigenvalue weighted by molar-refractivity contribution is 6.36. The Morgan fingerprint density at radius 2 is 1.23 bits per heavy atom. The molecule has 0 heterocycles. The summed E-state index contributed by atoms with van der Waals surface area (Å²) in [5, 5.41) is 0. The molecule has 0 spiro atoms. The van der Waals surface area contributed by atoms with Gasteiger partial charge in [0.25, 0.3) is 0 Å². The topological polar surface area (TPSA) is 27.7 Å². The fraction of sp³-hybridized carbons (Fsp3) is 0.778. The molecule has 0 aromatic heterocycles. The van der Waals surface area contributed by atoms with Crippen LogP contribution in [0.2, 0.25) is 0 Å². The summed E-state index contributed by atoms with van der Waals surface area (Å²) < 4.78 is 15.7. The molecule has 0 aromatic rings. The fourth-order valence-electron chi connectivity index (χ4n) is 0.553. The van der Waals surface area contributed by atoms with E-state index < -0.39 is 9.53 Å². The maximum absolute atomic E-state index is 5.22. The lowest BCUT2D eigenvalue weighted by molar-refractivity contribution is 0.107. The number of rotatable bonds is 6. The van der Waals surface area contributed by atoms with E-state index in [4.69, 9.17) is 13.3 Å². The minimum absolute atomic E-state index is 0.677. The van der Waals surface area contributed by atoms with E-state index in [0.29, 0.717) is 19.8 Å². The van der Waals surface area contributed by atoms with E-state index in [1.54, 1.807) is 6.08 Å². The van der Waals surface area contributed by atoms with Gasteiger partial charge in [-0.1, -0.05) is 6.08 Å². The highest BCUT2D eigenvalue weighted by Gasteiger charge is 2.11. The van der Waals surface area contributed by atoms with E-state index >= 15 is 0 Å². The lowest BCUT2D eigenvalue weighted by Gasteiger charge is -2.12. The summed E-state index contributed by atoms with van der Waals surface area (Å²) in [6.45, 7) is 13.1. The van der Waals surface area contributed by atoms with Crippen LogP contribution in [0.5, 0.6) is 0 Å². The van der Waals surface area contributed by atoms with Gasteiger partial charge in [0.2, 0.25) is 0 Å². The van der Waals surface area contributed by atoms with Crippen molar-refractivity contribution in [2.24, 2.45) is 0 Å². The highest BCUT2D eigenvalue weighted by Crippen LogP contribution is 1.90. The Kier molecular flexibility index (Phi) is 16.9. The van der Waals surface area contributed by atoms with Crippen LogP contribution >= 0.6 is 0 Å². The van der Waals surface area contributed by atoms with Crippen molar-refractivity contribution in [3.05, 3.63) is 12.7 Å². The van der Waals surface area contributed by atoms with E-state index in [1.165, 1.54) is 0 Å². The largest absolute Gasteiger partial charge is 0.484 e. The zero-order chi connectivity index (χ0) is 10.5. The van der Waals surface area contributed by atoms with Crippen LogP contribution in [0.25, 0.3) is 0 Å². The van der Waals surface area contributed by atoms with Crippen LogP contribution in [-0.4, -0.2) is 29.3 Å². The van der Waals surface area contributed by atoms with Gasteiger partial charge in [-0.15, -0.1) is 6.58 Å². The first kappa shape index (κ1) is 15.3. The lowest BCUT2D eigenvalue weighted by atomic mass is 10.8. The van der Waals surface area contributed by atoms with Crippen molar-refractivity contribution in [1.29, 1.82) is 0 Å². The van der Waals surface area contributed by atoms with Crippen LogP contribution in [0.1, 0.15) is 27.7 Å². The Balaban J connectivity index is 0. The Morgan fingerprint density at radius 3 is 1.38 bits per heavy atom. The first-order valence-corrected chi connectivity index (χ1v) is 6.09. The monoisotopic (exact) mass is 206 g/mol. The van der Waals surface area contributed by atoms with E-state index in [0.717, 1.165) is 0 Å². The first-order valence-electron chi connectivity index (χ1n) is 4.68. The minimum Gasteiger partial charge on any atom is -0.376 e. The second kappa shape index (κ2) is 14.4. The second-order valence-corrected chi connectivity index (χ2v) is 3.64. The fourth-order valence-corrected chi connectivity index (χ4v) is 1.66. The van der Waals surface area contributed by atoms with Gasteiger partial charge in [-0.3, -0.25) is 0 Å². The molecule has 0 aliphatic heterocycles. The van der Waals surface area contributed by atoms with Crippen LogP contribution in [0.3, 0.4) is 0 Å². The number of allylic oxidation sites excluding steroid dienone is 1. The number of hydrogen-bond donors (Lipinski definition) is 0. The average Bonchev–Trinajstić information content (AvgIpc) is 2.07. The molecule has 0 amide bonds. The van der Waals surface area contributed by atoms with Crippen LogP contribution in [-0.2, 0) is 13.3 Å². The van der Waals surface area contributed by atoms with E-state index in [9.17, 15) is 0 Å². The molecule has 80 valence electrons. The zero-order valence-electron chi connectivity index (χ0n) is 9.21. The molecule has 0 bridgehead atoms. The Labute approximate surface area is 83.7 Å². The molecule has 0 saturated heterocycles. The maximum atomic E-state index is 5.22. The van der Waals surface area contributed by atoms with E-state index in [1.807, 2.05) is 27.7 Å². The van der Waals surface area contributed by atoms with E-state index in [-0.39, 0.29) is 0 Å². The summed E-state index contributed by atoms with van der Waals surface area (Å²) in [5.74, 6) is 0. The van der Waals surface area contributed by atoms with Crippen molar-refractivity contribution in [3.8, 4) is 0 Å². The summed E-state index contributed by atoms with van der Waals surface area (Å²) in [6, 6.07) is 0. The average molecular weight is 206 g/mol. The Hall–Kier alpha value is -0.163. The standard InChI is InChI=1S/C6H16O3Si.C3H6/c1-4-7-10(8-5-2)9-6-3;1-3-2/h10H,4-6H2,1-3H3;3H,1H2,2H3. The molecular formula is C9H22O3Si. The molecular weight excluding hydrogens is 184 g/mol. The van der Waals surface area contributed by atoms with Gasteiger partial charge in [0.05, 0.1) is 0 Å². The van der Waals surface area contributed by atoms with Crippen molar-refractivity contribution in [2.45, 2.75) is 27.7 Å². The van der Waals surface area contributed by atoms with Gasteiger partial charge in [-0.2, -0.15) is 0 Å². The molecule has 4 heteroatoms. The summed E-state index contributed by atoms with van der Waals surface area (Å²) in [7, 11) is -1.73. The van der Waals surface area contributed by atoms with Gasteiger partial charge in [0.1, 0.15) is 0 Å². The van der Waals surface area contributed by atoms with Gasteiger partial charge in [-0.25, -0.2) is 0 Å². The van der Waals surface area contributed by atoms with E-state index in [2.05, 4.69) is 6.58 Å².